The van der Waals surface area contributed by atoms with E-state index < -0.39 is 17.9 Å². The van der Waals surface area contributed by atoms with Crippen molar-refractivity contribution in [1.82, 2.24) is 15.5 Å². The van der Waals surface area contributed by atoms with Crippen LogP contribution in [0.5, 0.6) is 5.75 Å². The Bertz CT molecular complexity index is 558. The van der Waals surface area contributed by atoms with Crippen molar-refractivity contribution in [1.29, 1.82) is 0 Å². The Morgan fingerprint density at radius 2 is 1.75 bits per heavy atom. The fourth-order valence-electron chi connectivity index (χ4n) is 1.85. The molecule has 1 atom stereocenters. The van der Waals surface area contributed by atoms with Crippen LogP contribution in [0.25, 0.3) is 0 Å². The number of likely N-dealkylation sites (N-methyl/N-ethyl adjacent to an activating group) is 1. The lowest BCUT2D eigenvalue weighted by Gasteiger charge is -2.22. The summed E-state index contributed by atoms with van der Waals surface area (Å²) in [5.74, 6) is -0.556. The van der Waals surface area contributed by atoms with E-state index in [0.717, 1.165) is 0 Å². The van der Waals surface area contributed by atoms with Crippen LogP contribution >= 0.6 is 0 Å². The first-order valence-corrected chi connectivity index (χ1v) is 7.76. The van der Waals surface area contributed by atoms with Crippen LogP contribution in [-0.4, -0.2) is 55.9 Å². The van der Waals surface area contributed by atoms with E-state index >= 15 is 0 Å². The number of nitrogens with zero attached hydrogens (tertiary/aromatic N) is 1. The fraction of sp³-hybridized carbons (Fsp3) is 0.471. The molecule has 7 nitrogen and oxygen atoms in total. The number of carbonyl (C=O) groups is 3. The largest absolute Gasteiger partial charge is 0.484 e. The van der Waals surface area contributed by atoms with Gasteiger partial charge in [0.2, 0.25) is 11.8 Å². The highest BCUT2D eigenvalue weighted by molar-refractivity contribution is 5.90. The van der Waals surface area contributed by atoms with Crippen molar-refractivity contribution in [3.63, 3.8) is 0 Å². The first-order valence-electron chi connectivity index (χ1n) is 7.76. The highest BCUT2D eigenvalue weighted by Crippen LogP contribution is 2.08. The van der Waals surface area contributed by atoms with Gasteiger partial charge in [-0.3, -0.25) is 14.4 Å². The molecule has 132 valence electrons. The van der Waals surface area contributed by atoms with Crippen molar-refractivity contribution in [2.24, 2.45) is 5.92 Å². The van der Waals surface area contributed by atoms with Gasteiger partial charge in [-0.1, -0.05) is 32.0 Å². The van der Waals surface area contributed by atoms with Gasteiger partial charge in [-0.25, -0.2) is 0 Å². The summed E-state index contributed by atoms with van der Waals surface area (Å²) in [6.45, 7) is 3.34. The third-order valence-electron chi connectivity index (χ3n) is 3.29. The van der Waals surface area contributed by atoms with E-state index in [1.54, 1.807) is 38.4 Å². The minimum atomic E-state index is -0.730. The van der Waals surface area contributed by atoms with Crippen LogP contribution in [0, 0.1) is 5.92 Å². The second kappa shape index (κ2) is 9.54. The van der Waals surface area contributed by atoms with E-state index in [0.29, 0.717) is 5.75 Å². The van der Waals surface area contributed by atoms with Crippen molar-refractivity contribution in [2.75, 3.05) is 27.2 Å². The molecule has 1 aromatic carbocycles. The molecule has 3 amide bonds. The first kappa shape index (κ1) is 19.5. The van der Waals surface area contributed by atoms with E-state index in [9.17, 15) is 14.4 Å². The number of amides is 3. The van der Waals surface area contributed by atoms with Gasteiger partial charge in [0.15, 0.2) is 6.61 Å². The Kier molecular flexibility index (Phi) is 7.74. The second-order valence-electron chi connectivity index (χ2n) is 5.90. The molecule has 0 fully saturated rings. The van der Waals surface area contributed by atoms with Gasteiger partial charge in [0, 0.05) is 14.1 Å². The van der Waals surface area contributed by atoms with Crippen molar-refractivity contribution in [3.8, 4) is 5.75 Å². The molecule has 7 heteroatoms. The molecule has 0 spiro atoms. The lowest BCUT2D eigenvalue weighted by molar-refractivity contribution is -0.133. The maximum atomic E-state index is 12.2. The van der Waals surface area contributed by atoms with Crippen LogP contribution in [0.3, 0.4) is 0 Å². The standard InChI is InChI=1S/C17H25N3O4/c1-12(2)16(17(23)18-10-15(22)20(3)4)19-14(21)11-24-13-8-6-5-7-9-13/h5-9,12,16H,10-11H2,1-4H3,(H,18,23)(H,19,21)/t16-/m0/s1. The molecule has 0 saturated heterocycles. The number of nitrogens with one attached hydrogen (secondary N) is 2. The third-order valence-corrected chi connectivity index (χ3v) is 3.29. The summed E-state index contributed by atoms with van der Waals surface area (Å²) in [5.41, 5.74) is 0. The quantitative estimate of drug-likeness (QED) is 0.720. The minimum absolute atomic E-state index is 0.106. The molecule has 0 aliphatic heterocycles. The van der Waals surface area contributed by atoms with E-state index in [1.165, 1.54) is 4.90 Å². The third kappa shape index (κ3) is 6.68. The van der Waals surface area contributed by atoms with E-state index in [2.05, 4.69) is 10.6 Å². The molecule has 0 aliphatic carbocycles. The zero-order valence-electron chi connectivity index (χ0n) is 14.5. The molecule has 0 saturated carbocycles. The van der Waals surface area contributed by atoms with Crippen molar-refractivity contribution >= 4 is 17.7 Å². The maximum absolute atomic E-state index is 12.2. The topological polar surface area (TPSA) is 87.7 Å². The summed E-state index contributed by atoms with van der Waals surface area (Å²) in [6.07, 6.45) is 0. The van der Waals surface area contributed by atoms with Crippen molar-refractivity contribution in [3.05, 3.63) is 30.3 Å². The van der Waals surface area contributed by atoms with Crippen LogP contribution in [0.15, 0.2) is 30.3 Å². The summed E-state index contributed by atoms with van der Waals surface area (Å²) in [5, 5.41) is 5.18. The predicted octanol–water partition coefficient (Wildman–Crippen LogP) is 0.411. The predicted molar refractivity (Wildman–Crippen MR) is 90.4 cm³/mol. The maximum Gasteiger partial charge on any atom is 0.258 e. The van der Waals surface area contributed by atoms with Gasteiger partial charge in [0.05, 0.1) is 6.54 Å². The molecule has 0 bridgehead atoms. The fourth-order valence-corrected chi connectivity index (χ4v) is 1.85. The van der Waals surface area contributed by atoms with E-state index in [-0.39, 0.29) is 25.0 Å². The summed E-state index contributed by atoms with van der Waals surface area (Å²) < 4.78 is 5.35. The second-order valence-corrected chi connectivity index (χ2v) is 5.90. The smallest absolute Gasteiger partial charge is 0.258 e. The van der Waals surface area contributed by atoms with Gasteiger partial charge in [0.25, 0.3) is 5.91 Å². The lowest BCUT2D eigenvalue weighted by Crippen LogP contribution is -2.52. The number of rotatable bonds is 8. The molecule has 0 unspecified atom stereocenters. The molecule has 2 N–H and O–H groups in total. The zero-order chi connectivity index (χ0) is 18.1. The van der Waals surface area contributed by atoms with Gasteiger partial charge >= 0.3 is 0 Å². The Morgan fingerprint density at radius 3 is 2.29 bits per heavy atom. The average molecular weight is 335 g/mol. The SMILES string of the molecule is CC(C)[C@H](NC(=O)COc1ccccc1)C(=O)NCC(=O)N(C)C. The summed E-state index contributed by atoms with van der Waals surface area (Å²) in [4.78, 5) is 37.1. The number of hydrogen-bond donors (Lipinski definition) is 2. The molecule has 1 rings (SSSR count). The Labute approximate surface area is 142 Å². The molecule has 1 aromatic rings. The van der Waals surface area contributed by atoms with E-state index in [1.807, 2.05) is 19.9 Å². The summed E-state index contributed by atoms with van der Waals surface area (Å²) >= 11 is 0. The minimum Gasteiger partial charge on any atom is -0.484 e. The monoisotopic (exact) mass is 335 g/mol. The molecular formula is C17H25N3O4. The summed E-state index contributed by atoms with van der Waals surface area (Å²) in [7, 11) is 3.22. The molecule has 0 heterocycles. The highest BCUT2D eigenvalue weighted by Gasteiger charge is 2.24. The molecule has 0 aliphatic rings. The average Bonchev–Trinajstić information content (AvgIpc) is 2.55. The number of carbonyl (C=O) groups excluding carboxylic acids is 3. The Morgan fingerprint density at radius 1 is 1.12 bits per heavy atom. The normalized spacial score (nSPS) is 11.5. The van der Waals surface area contributed by atoms with Crippen LogP contribution in [-0.2, 0) is 14.4 Å². The lowest BCUT2D eigenvalue weighted by atomic mass is 10.0. The van der Waals surface area contributed by atoms with Gasteiger partial charge < -0.3 is 20.3 Å². The zero-order valence-corrected chi connectivity index (χ0v) is 14.5. The number of ether oxygens (including phenoxy) is 1. The Hall–Kier alpha value is -2.57. The molecule has 0 aromatic heterocycles. The van der Waals surface area contributed by atoms with E-state index in [4.69, 9.17) is 4.74 Å². The van der Waals surface area contributed by atoms with Crippen LogP contribution in [0.1, 0.15) is 13.8 Å². The van der Waals surface area contributed by atoms with Gasteiger partial charge in [0.1, 0.15) is 11.8 Å². The number of hydrogen-bond acceptors (Lipinski definition) is 4. The van der Waals surface area contributed by atoms with Gasteiger partial charge in [-0.2, -0.15) is 0 Å². The highest BCUT2D eigenvalue weighted by atomic mass is 16.5. The van der Waals surface area contributed by atoms with Crippen molar-refractivity contribution in [2.45, 2.75) is 19.9 Å². The van der Waals surface area contributed by atoms with Gasteiger partial charge in [-0.15, -0.1) is 0 Å². The summed E-state index contributed by atoms with van der Waals surface area (Å²) in [6, 6.07) is 8.21. The number of para-hydroxylation sites is 1. The molecule has 24 heavy (non-hydrogen) atoms. The van der Waals surface area contributed by atoms with Crippen LogP contribution in [0.2, 0.25) is 0 Å². The number of benzene rings is 1. The van der Waals surface area contributed by atoms with Crippen LogP contribution < -0.4 is 15.4 Å². The molecular weight excluding hydrogens is 310 g/mol. The Balaban J connectivity index is 2.50. The first-order chi connectivity index (χ1) is 11.3. The molecule has 0 radical (unpaired) electrons. The van der Waals surface area contributed by atoms with Crippen LogP contribution in [0.4, 0.5) is 0 Å². The van der Waals surface area contributed by atoms with Crippen molar-refractivity contribution < 1.29 is 19.1 Å². The van der Waals surface area contributed by atoms with Gasteiger partial charge in [-0.05, 0) is 18.1 Å².